The second kappa shape index (κ2) is 9.26. The predicted octanol–water partition coefficient (Wildman–Crippen LogP) is 2.15. The molecule has 0 amide bonds. The van der Waals surface area contributed by atoms with E-state index in [9.17, 15) is 0 Å². The van der Waals surface area contributed by atoms with Crippen LogP contribution < -0.4 is 9.80 Å². The molecular weight excluding hydrogens is 410 g/mol. The Morgan fingerprint density at radius 3 is 2.48 bits per heavy atom. The Hall–Kier alpha value is -1.97. The van der Waals surface area contributed by atoms with E-state index in [4.69, 9.17) is 9.72 Å². The highest BCUT2D eigenvalue weighted by Crippen LogP contribution is 2.25. The molecule has 3 aliphatic heterocycles. The van der Waals surface area contributed by atoms with Crippen molar-refractivity contribution < 1.29 is 4.74 Å². The second-order valence-corrected chi connectivity index (χ2v) is 9.38. The van der Waals surface area contributed by atoms with Crippen LogP contribution in [-0.2, 0) is 24.1 Å². The average Bonchev–Trinajstić information content (AvgIpc) is 2.78. The van der Waals surface area contributed by atoms with Crippen LogP contribution in [0.1, 0.15) is 36.6 Å². The zero-order valence-corrected chi connectivity index (χ0v) is 19.0. The summed E-state index contributed by atoms with van der Waals surface area (Å²) in [5.74, 6) is 2.28. The van der Waals surface area contributed by atoms with Crippen LogP contribution >= 0.6 is 12.8 Å². The van der Waals surface area contributed by atoms with Crippen molar-refractivity contribution >= 4 is 24.7 Å². The van der Waals surface area contributed by atoms with Gasteiger partial charge in [-0.3, -0.25) is 0 Å². The number of ether oxygens (including phenoxy) is 1. The van der Waals surface area contributed by atoms with E-state index in [-0.39, 0.29) is 0 Å². The molecule has 2 fully saturated rings. The number of nitrogens with zero attached hydrogens (tertiary/aromatic N) is 7. The summed E-state index contributed by atoms with van der Waals surface area (Å²) in [6.45, 7) is 8.58. The highest BCUT2D eigenvalue weighted by molar-refractivity contribution is 7.77. The van der Waals surface area contributed by atoms with Crippen molar-refractivity contribution in [2.24, 2.45) is 5.92 Å². The molecule has 0 radical (unpaired) electrons. The number of hydrogen-bond acceptors (Lipinski definition) is 9. The van der Waals surface area contributed by atoms with Gasteiger partial charge in [0.1, 0.15) is 0 Å². The van der Waals surface area contributed by atoms with Crippen molar-refractivity contribution in [2.45, 2.75) is 45.3 Å². The van der Waals surface area contributed by atoms with Crippen molar-refractivity contribution in [3.8, 4) is 0 Å². The van der Waals surface area contributed by atoms with Crippen molar-refractivity contribution in [3.63, 3.8) is 0 Å². The molecule has 0 unspecified atom stereocenters. The second-order valence-electron chi connectivity index (χ2n) is 8.82. The van der Waals surface area contributed by atoms with E-state index in [2.05, 4.69) is 44.5 Å². The Kier molecular flexibility index (Phi) is 6.24. The zero-order valence-electron chi connectivity index (χ0n) is 18.2. The smallest absolute Gasteiger partial charge is 0.225 e. The zero-order chi connectivity index (χ0) is 21.2. The van der Waals surface area contributed by atoms with Gasteiger partial charge in [-0.25, -0.2) is 24.2 Å². The number of anilines is 2. The molecule has 9 heteroatoms. The van der Waals surface area contributed by atoms with Gasteiger partial charge in [0, 0.05) is 75.8 Å². The van der Waals surface area contributed by atoms with Crippen LogP contribution in [-0.4, -0.2) is 69.7 Å². The fraction of sp³-hybridized carbons (Fsp3) is 0.636. The first-order valence-corrected chi connectivity index (χ1v) is 11.8. The predicted molar refractivity (Wildman–Crippen MR) is 123 cm³/mol. The summed E-state index contributed by atoms with van der Waals surface area (Å²) in [4.78, 5) is 22.9. The minimum Gasteiger partial charge on any atom is -0.378 e. The standard InChI is InChI=1S/C22H31N7OS/c1-2-16-9-23-21(24-10-16)28-12-17(13-28)15-30-19-3-6-27(7-4-19)22-25-11-18-14-29(31)8-5-20(18)26-22/h9-11,17,19,31H,2-8,12-15H2,1H3. The van der Waals surface area contributed by atoms with Gasteiger partial charge in [-0.1, -0.05) is 19.7 Å². The normalized spacial score (nSPS) is 20.6. The lowest BCUT2D eigenvalue weighted by Crippen LogP contribution is -2.50. The molecule has 0 spiro atoms. The topological polar surface area (TPSA) is 70.5 Å². The molecule has 0 atom stereocenters. The summed E-state index contributed by atoms with van der Waals surface area (Å²) in [6.07, 6.45) is 10.2. The van der Waals surface area contributed by atoms with Crippen molar-refractivity contribution in [3.05, 3.63) is 35.4 Å². The summed E-state index contributed by atoms with van der Waals surface area (Å²) in [6, 6.07) is 0. The summed E-state index contributed by atoms with van der Waals surface area (Å²) >= 11 is 4.44. The van der Waals surface area contributed by atoms with Crippen LogP contribution in [0.3, 0.4) is 0 Å². The molecule has 5 heterocycles. The van der Waals surface area contributed by atoms with Gasteiger partial charge >= 0.3 is 0 Å². The van der Waals surface area contributed by atoms with E-state index < -0.39 is 0 Å². The van der Waals surface area contributed by atoms with Crippen LogP contribution in [0, 0.1) is 5.92 Å². The van der Waals surface area contributed by atoms with Gasteiger partial charge < -0.3 is 14.5 Å². The monoisotopic (exact) mass is 441 g/mol. The molecule has 0 bridgehead atoms. The molecule has 2 saturated heterocycles. The van der Waals surface area contributed by atoms with Gasteiger partial charge in [0.05, 0.1) is 18.4 Å². The minimum absolute atomic E-state index is 0.334. The number of fused-ring (bicyclic) bond motifs is 1. The number of thiol groups is 1. The van der Waals surface area contributed by atoms with E-state index in [1.165, 1.54) is 16.8 Å². The lowest BCUT2D eigenvalue weighted by atomic mass is 10.0. The summed E-state index contributed by atoms with van der Waals surface area (Å²) in [7, 11) is 0. The Morgan fingerprint density at radius 2 is 1.74 bits per heavy atom. The van der Waals surface area contributed by atoms with E-state index in [0.717, 1.165) is 83.5 Å². The summed E-state index contributed by atoms with van der Waals surface area (Å²) < 4.78 is 8.26. The van der Waals surface area contributed by atoms with Gasteiger partial charge in [0.2, 0.25) is 11.9 Å². The number of rotatable bonds is 6. The Morgan fingerprint density at radius 1 is 1.00 bits per heavy atom. The lowest BCUT2D eigenvalue weighted by molar-refractivity contribution is 0.00948. The van der Waals surface area contributed by atoms with Crippen molar-refractivity contribution in [1.82, 2.24) is 24.2 Å². The molecule has 31 heavy (non-hydrogen) atoms. The largest absolute Gasteiger partial charge is 0.378 e. The first-order chi connectivity index (χ1) is 15.2. The highest BCUT2D eigenvalue weighted by Gasteiger charge is 2.30. The molecule has 0 aromatic carbocycles. The Labute approximate surface area is 189 Å². The van der Waals surface area contributed by atoms with Crippen LogP contribution in [0.2, 0.25) is 0 Å². The van der Waals surface area contributed by atoms with E-state index in [1.54, 1.807) is 0 Å². The fourth-order valence-electron chi connectivity index (χ4n) is 4.47. The van der Waals surface area contributed by atoms with E-state index in [0.29, 0.717) is 12.0 Å². The third kappa shape index (κ3) is 4.78. The van der Waals surface area contributed by atoms with Crippen LogP contribution in [0.4, 0.5) is 11.9 Å². The molecule has 0 saturated carbocycles. The van der Waals surface area contributed by atoms with Gasteiger partial charge in [0.25, 0.3) is 0 Å². The van der Waals surface area contributed by atoms with Gasteiger partial charge in [-0.05, 0) is 24.8 Å². The molecule has 2 aromatic heterocycles. The maximum atomic E-state index is 6.25. The van der Waals surface area contributed by atoms with Gasteiger partial charge in [0.15, 0.2) is 0 Å². The van der Waals surface area contributed by atoms with Crippen molar-refractivity contribution in [2.75, 3.05) is 49.1 Å². The maximum Gasteiger partial charge on any atom is 0.225 e. The average molecular weight is 442 g/mol. The van der Waals surface area contributed by atoms with E-state index >= 15 is 0 Å². The Bertz CT molecular complexity index is 882. The third-order valence-electron chi connectivity index (χ3n) is 6.53. The number of piperidine rings is 1. The summed E-state index contributed by atoms with van der Waals surface area (Å²) in [5, 5.41) is 0. The molecule has 3 aliphatic rings. The maximum absolute atomic E-state index is 6.25. The van der Waals surface area contributed by atoms with Gasteiger partial charge in [-0.15, -0.1) is 0 Å². The number of hydrogen-bond donors (Lipinski definition) is 1. The lowest BCUT2D eigenvalue weighted by Gasteiger charge is -2.40. The molecule has 2 aromatic rings. The van der Waals surface area contributed by atoms with Crippen LogP contribution in [0.15, 0.2) is 18.6 Å². The first-order valence-electron chi connectivity index (χ1n) is 11.4. The van der Waals surface area contributed by atoms with E-state index in [1.807, 2.05) is 22.9 Å². The molecule has 0 aliphatic carbocycles. The quantitative estimate of drug-likeness (QED) is 0.684. The van der Waals surface area contributed by atoms with Crippen LogP contribution in [0.5, 0.6) is 0 Å². The SMILES string of the molecule is CCc1cnc(N2CC(COC3CCN(c4ncc5c(n4)CCN(S)C5)CC3)C2)nc1. The molecule has 8 nitrogen and oxygen atoms in total. The summed E-state index contributed by atoms with van der Waals surface area (Å²) in [5.41, 5.74) is 3.56. The fourth-order valence-corrected chi connectivity index (χ4v) is 4.72. The molecular formula is C22H31N7OS. The third-order valence-corrected chi connectivity index (χ3v) is 6.87. The molecule has 5 rings (SSSR count). The van der Waals surface area contributed by atoms with Gasteiger partial charge in [-0.2, -0.15) is 0 Å². The minimum atomic E-state index is 0.334. The molecule has 166 valence electrons. The van der Waals surface area contributed by atoms with Crippen molar-refractivity contribution in [1.29, 1.82) is 0 Å². The first kappa shape index (κ1) is 20.9. The number of aryl methyl sites for hydroxylation is 1. The van der Waals surface area contributed by atoms with Crippen LogP contribution in [0.25, 0.3) is 0 Å². The molecule has 0 N–H and O–H groups in total. The Balaban J connectivity index is 1.04. The highest BCUT2D eigenvalue weighted by atomic mass is 32.1. The number of aromatic nitrogens is 4.